The fraction of sp³-hybridized carbons (Fsp3) is 0.500. The van der Waals surface area contributed by atoms with E-state index in [1.807, 2.05) is 6.92 Å². The number of rotatable bonds is 1. The molecule has 132 valence electrons. The van der Waals surface area contributed by atoms with E-state index >= 15 is 0 Å². The Balaban J connectivity index is 1.96. The standard InChI is InChI=1S/C16H20N6O3/c1-9-8-11-12(13(22(9)16(17)24)10-4-7-25-19-10)14-15(23)20(2)5-3-6-21(14)18-11/h4,7,9,13H,3,5-6,8H2,1-2H3,(H2,17,24). The summed E-state index contributed by atoms with van der Waals surface area (Å²) in [5, 5.41) is 8.69. The van der Waals surface area contributed by atoms with Crippen LogP contribution in [0.4, 0.5) is 4.79 Å². The van der Waals surface area contributed by atoms with Crippen LogP contribution in [-0.4, -0.2) is 56.3 Å². The maximum atomic E-state index is 12.9. The molecule has 0 aromatic carbocycles. The van der Waals surface area contributed by atoms with Gasteiger partial charge in [0.1, 0.15) is 23.7 Å². The first kappa shape index (κ1) is 15.7. The largest absolute Gasteiger partial charge is 0.364 e. The Labute approximate surface area is 144 Å². The molecule has 9 nitrogen and oxygen atoms in total. The normalized spacial score (nSPS) is 23.2. The van der Waals surface area contributed by atoms with E-state index in [1.54, 1.807) is 27.6 Å². The van der Waals surface area contributed by atoms with E-state index < -0.39 is 12.1 Å². The molecule has 0 aliphatic carbocycles. The Morgan fingerprint density at radius 2 is 2.20 bits per heavy atom. The van der Waals surface area contributed by atoms with Crippen LogP contribution in [0.2, 0.25) is 0 Å². The van der Waals surface area contributed by atoms with E-state index in [2.05, 4.69) is 10.3 Å². The summed E-state index contributed by atoms with van der Waals surface area (Å²) in [6.45, 7) is 3.25. The number of nitrogens with two attached hydrogens (primary N) is 1. The van der Waals surface area contributed by atoms with Gasteiger partial charge in [-0.2, -0.15) is 5.10 Å². The smallest absolute Gasteiger partial charge is 0.315 e. The lowest BCUT2D eigenvalue weighted by Gasteiger charge is -2.38. The van der Waals surface area contributed by atoms with Crippen molar-refractivity contribution in [1.82, 2.24) is 24.7 Å². The van der Waals surface area contributed by atoms with Crippen molar-refractivity contribution in [3.8, 4) is 0 Å². The third kappa shape index (κ3) is 2.30. The predicted molar refractivity (Wildman–Crippen MR) is 86.7 cm³/mol. The second-order valence-corrected chi connectivity index (χ2v) is 6.64. The lowest BCUT2D eigenvalue weighted by Crippen LogP contribution is -2.49. The van der Waals surface area contributed by atoms with E-state index in [-0.39, 0.29) is 11.9 Å². The number of fused-ring (bicyclic) bond motifs is 3. The van der Waals surface area contributed by atoms with Crippen LogP contribution in [0.5, 0.6) is 0 Å². The zero-order chi connectivity index (χ0) is 17.7. The highest BCUT2D eigenvalue weighted by Gasteiger charge is 2.43. The summed E-state index contributed by atoms with van der Waals surface area (Å²) in [5.74, 6) is -0.0984. The highest BCUT2D eigenvalue weighted by Crippen LogP contribution is 2.39. The molecule has 2 atom stereocenters. The summed E-state index contributed by atoms with van der Waals surface area (Å²) in [6.07, 6.45) is 2.83. The van der Waals surface area contributed by atoms with Crippen molar-refractivity contribution in [2.75, 3.05) is 13.6 Å². The minimum absolute atomic E-state index is 0.0984. The third-order valence-corrected chi connectivity index (χ3v) is 4.99. The number of carbonyl (C=O) groups is 2. The van der Waals surface area contributed by atoms with Gasteiger partial charge in [-0.1, -0.05) is 5.16 Å². The Hall–Kier alpha value is -2.84. The number of primary amides is 1. The van der Waals surface area contributed by atoms with Crippen molar-refractivity contribution in [3.63, 3.8) is 0 Å². The number of amides is 3. The predicted octanol–water partition coefficient (Wildman–Crippen LogP) is 0.761. The van der Waals surface area contributed by atoms with Crippen LogP contribution in [-0.2, 0) is 13.0 Å². The average Bonchev–Trinajstić information content (AvgIpc) is 3.17. The van der Waals surface area contributed by atoms with E-state index in [0.29, 0.717) is 36.5 Å². The van der Waals surface area contributed by atoms with Crippen LogP contribution >= 0.6 is 0 Å². The quantitative estimate of drug-likeness (QED) is 0.821. The second-order valence-electron chi connectivity index (χ2n) is 6.64. The van der Waals surface area contributed by atoms with Crippen LogP contribution in [0.3, 0.4) is 0 Å². The third-order valence-electron chi connectivity index (χ3n) is 4.99. The molecular weight excluding hydrogens is 324 g/mol. The number of aryl methyl sites for hydroxylation is 1. The molecule has 2 aliphatic heterocycles. The summed E-state index contributed by atoms with van der Waals surface area (Å²) in [6, 6.07) is 0.408. The minimum atomic E-state index is -0.575. The zero-order valence-corrected chi connectivity index (χ0v) is 14.2. The van der Waals surface area contributed by atoms with Gasteiger partial charge in [0, 0.05) is 44.2 Å². The molecule has 25 heavy (non-hydrogen) atoms. The van der Waals surface area contributed by atoms with Gasteiger partial charge in [0.25, 0.3) is 5.91 Å². The summed E-state index contributed by atoms with van der Waals surface area (Å²) in [4.78, 5) is 28.3. The van der Waals surface area contributed by atoms with Crippen LogP contribution in [0.15, 0.2) is 16.9 Å². The highest BCUT2D eigenvalue weighted by atomic mass is 16.5. The highest BCUT2D eigenvalue weighted by molar-refractivity contribution is 5.95. The molecule has 2 aromatic heterocycles. The number of hydrogen-bond donors (Lipinski definition) is 1. The Bertz CT molecular complexity index is 827. The van der Waals surface area contributed by atoms with Gasteiger partial charge in [0.15, 0.2) is 0 Å². The number of nitrogens with zero attached hydrogens (tertiary/aromatic N) is 5. The maximum absolute atomic E-state index is 12.9. The summed E-state index contributed by atoms with van der Waals surface area (Å²) < 4.78 is 6.75. The fourth-order valence-electron chi connectivity index (χ4n) is 3.86. The van der Waals surface area contributed by atoms with Crippen molar-refractivity contribution in [1.29, 1.82) is 0 Å². The topological polar surface area (TPSA) is 110 Å². The number of hydrogen-bond acceptors (Lipinski definition) is 5. The molecule has 4 rings (SSSR count). The van der Waals surface area contributed by atoms with Gasteiger partial charge in [-0.05, 0) is 13.3 Å². The average molecular weight is 344 g/mol. The maximum Gasteiger partial charge on any atom is 0.315 e. The molecule has 2 aromatic rings. The van der Waals surface area contributed by atoms with E-state index in [0.717, 1.165) is 12.1 Å². The van der Waals surface area contributed by atoms with E-state index in [9.17, 15) is 9.59 Å². The van der Waals surface area contributed by atoms with Crippen LogP contribution in [0.1, 0.15) is 46.8 Å². The molecule has 0 saturated carbocycles. The molecule has 0 spiro atoms. The van der Waals surface area contributed by atoms with Gasteiger partial charge in [-0.25, -0.2) is 4.79 Å². The lowest BCUT2D eigenvalue weighted by atomic mass is 9.90. The second kappa shape index (κ2) is 5.61. The fourth-order valence-corrected chi connectivity index (χ4v) is 3.86. The van der Waals surface area contributed by atoms with Crippen molar-refractivity contribution in [3.05, 3.63) is 35.0 Å². The van der Waals surface area contributed by atoms with Crippen LogP contribution < -0.4 is 5.73 Å². The lowest BCUT2D eigenvalue weighted by molar-refractivity contribution is 0.0791. The van der Waals surface area contributed by atoms with Gasteiger partial charge in [-0.15, -0.1) is 0 Å². The van der Waals surface area contributed by atoms with Crippen LogP contribution in [0, 0.1) is 0 Å². The molecule has 3 amide bonds. The Morgan fingerprint density at radius 1 is 1.40 bits per heavy atom. The van der Waals surface area contributed by atoms with Gasteiger partial charge in [-0.3, -0.25) is 9.48 Å². The minimum Gasteiger partial charge on any atom is -0.364 e. The number of carbonyl (C=O) groups excluding carboxylic acids is 2. The SMILES string of the molecule is CC1Cc2nn3c(c2C(c2ccon2)N1C(N)=O)C(=O)N(C)CCC3. The van der Waals surface area contributed by atoms with Crippen molar-refractivity contribution >= 4 is 11.9 Å². The molecule has 0 saturated heterocycles. The molecule has 9 heteroatoms. The molecular formula is C16H20N6O3. The zero-order valence-electron chi connectivity index (χ0n) is 14.2. The monoisotopic (exact) mass is 344 g/mol. The Morgan fingerprint density at radius 3 is 2.88 bits per heavy atom. The summed E-state index contributed by atoms with van der Waals surface area (Å²) in [5.41, 5.74) is 8.24. The Kier molecular flexibility index (Phi) is 3.52. The van der Waals surface area contributed by atoms with E-state index in [4.69, 9.17) is 10.3 Å². The van der Waals surface area contributed by atoms with Crippen molar-refractivity contribution < 1.29 is 14.1 Å². The molecule has 2 aliphatic rings. The van der Waals surface area contributed by atoms with E-state index in [1.165, 1.54) is 6.26 Å². The molecule has 0 fully saturated rings. The molecule has 2 unspecified atom stereocenters. The van der Waals surface area contributed by atoms with Gasteiger partial charge in [0.2, 0.25) is 0 Å². The molecule has 0 radical (unpaired) electrons. The number of urea groups is 1. The van der Waals surface area contributed by atoms with Gasteiger partial charge >= 0.3 is 6.03 Å². The molecule has 2 N–H and O–H groups in total. The van der Waals surface area contributed by atoms with Crippen LogP contribution in [0.25, 0.3) is 0 Å². The number of aromatic nitrogens is 3. The molecule has 0 bridgehead atoms. The van der Waals surface area contributed by atoms with Gasteiger partial charge in [0.05, 0.1) is 5.69 Å². The van der Waals surface area contributed by atoms with Gasteiger partial charge < -0.3 is 20.1 Å². The first-order chi connectivity index (χ1) is 12.0. The van der Waals surface area contributed by atoms with Crippen molar-refractivity contribution in [2.24, 2.45) is 5.73 Å². The summed E-state index contributed by atoms with van der Waals surface area (Å²) in [7, 11) is 1.78. The summed E-state index contributed by atoms with van der Waals surface area (Å²) >= 11 is 0. The first-order valence-corrected chi connectivity index (χ1v) is 8.32. The van der Waals surface area contributed by atoms with Crippen molar-refractivity contribution in [2.45, 2.75) is 38.4 Å². The molecule has 4 heterocycles. The first-order valence-electron chi connectivity index (χ1n) is 8.32.